The molecule has 2 aromatic carbocycles. The molecule has 0 saturated heterocycles. The van der Waals surface area contributed by atoms with Crippen molar-refractivity contribution in [2.75, 3.05) is 19.8 Å². The Hall–Kier alpha value is -3.48. The van der Waals surface area contributed by atoms with E-state index < -0.39 is 0 Å². The monoisotopic (exact) mass is 634 g/mol. The summed E-state index contributed by atoms with van der Waals surface area (Å²) in [6.07, 6.45) is 22.0. The second kappa shape index (κ2) is 25.7. The minimum atomic E-state index is -0.327. The standard InChI is InChI=1S/C39H58N2O5/c1-4-5-6-7-8-9-10-11-12-13-14-15-16-20-32-46-39(43)34-22-24-35(25-23-34)40-41-36-26-28-37(29-27-36)44-30-19-17-18-21-31-45-38(42)33(2)3/h22-29H,2,4-21,30-32H2,1,3H3. The quantitative estimate of drug-likeness (QED) is 0.0422. The van der Waals surface area contributed by atoms with Crippen LogP contribution < -0.4 is 4.74 Å². The maximum atomic E-state index is 12.4. The Kier molecular flexibility index (Phi) is 21.6. The molecule has 7 nitrogen and oxygen atoms in total. The predicted octanol–water partition coefficient (Wildman–Crippen LogP) is 11.8. The summed E-state index contributed by atoms with van der Waals surface area (Å²) in [5, 5.41) is 8.57. The van der Waals surface area contributed by atoms with Crippen LogP contribution in [-0.2, 0) is 14.3 Å². The molecular weight excluding hydrogens is 576 g/mol. The molecule has 7 heteroatoms. The fourth-order valence-electron chi connectivity index (χ4n) is 4.97. The highest BCUT2D eigenvalue weighted by atomic mass is 16.5. The fraction of sp³-hybridized carbons (Fsp3) is 0.590. The topological polar surface area (TPSA) is 86.5 Å². The van der Waals surface area contributed by atoms with E-state index in [-0.39, 0.29) is 11.9 Å². The number of hydrogen-bond acceptors (Lipinski definition) is 7. The normalized spacial score (nSPS) is 11.1. The van der Waals surface area contributed by atoms with Gasteiger partial charge in [-0.15, -0.1) is 0 Å². The number of rotatable bonds is 27. The molecule has 0 N–H and O–H groups in total. The van der Waals surface area contributed by atoms with Gasteiger partial charge in [-0.25, -0.2) is 9.59 Å². The molecule has 0 bridgehead atoms. The molecule has 46 heavy (non-hydrogen) atoms. The van der Waals surface area contributed by atoms with Crippen LogP contribution in [0.5, 0.6) is 5.75 Å². The van der Waals surface area contributed by atoms with E-state index in [4.69, 9.17) is 14.2 Å². The third-order valence-corrected chi connectivity index (χ3v) is 7.84. The lowest BCUT2D eigenvalue weighted by Gasteiger charge is -2.07. The lowest BCUT2D eigenvalue weighted by molar-refractivity contribution is -0.139. The summed E-state index contributed by atoms with van der Waals surface area (Å²) in [6.45, 7) is 9.01. The molecule has 0 aliphatic rings. The first-order valence-corrected chi connectivity index (χ1v) is 17.7. The first kappa shape index (κ1) is 38.7. The Morgan fingerprint density at radius 1 is 0.565 bits per heavy atom. The zero-order valence-corrected chi connectivity index (χ0v) is 28.6. The number of esters is 2. The van der Waals surface area contributed by atoms with Crippen LogP contribution in [0.3, 0.4) is 0 Å². The summed E-state index contributed by atoms with van der Waals surface area (Å²) in [4.78, 5) is 23.7. The zero-order valence-electron chi connectivity index (χ0n) is 28.6. The molecule has 254 valence electrons. The number of azo groups is 1. The van der Waals surface area contributed by atoms with Crippen LogP contribution in [0.15, 0.2) is 70.9 Å². The van der Waals surface area contributed by atoms with E-state index in [0.717, 1.165) is 44.3 Å². The average Bonchev–Trinajstić information content (AvgIpc) is 3.07. The second-order valence-corrected chi connectivity index (χ2v) is 12.2. The van der Waals surface area contributed by atoms with Crippen LogP contribution in [-0.4, -0.2) is 31.8 Å². The van der Waals surface area contributed by atoms with Crippen LogP contribution in [0.25, 0.3) is 0 Å². The molecule has 0 unspecified atom stereocenters. The SMILES string of the molecule is C=C(C)C(=O)OCCCCCCOc1ccc(N=Nc2ccc(C(=O)OCCCCCCCCCCCCCCCC)cc2)cc1. The van der Waals surface area contributed by atoms with Crippen molar-refractivity contribution in [3.63, 3.8) is 0 Å². The van der Waals surface area contributed by atoms with Crippen molar-refractivity contribution in [1.29, 1.82) is 0 Å². The number of carbonyl (C=O) groups excluding carboxylic acids is 2. The van der Waals surface area contributed by atoms with Crippen LogP contribution in [0.4, 0.5) is 11.4 Å². The molecule has 0 radical (unpaired) electrons. The van der Waals surface area contributed by atoms with Crippen molar-refractivity contribution in [3.05, 3.63) is 66.2 Å². The van der Waals surface area contributed by atoms with Gasteiger partial charge in [-0.3, -0.25) is 0 Å². The van der Waals surface area contributed by atoms with Crippen LogP contribution in [0, 0.1) is 0 Å². The van der Waals surface area contributed by atoms with E-state index in [0.29, 0.717) is 42.3 Å². The van der Waals surface area contributed by atoms with E-state index in [9.17, 15) is 9.59 Å². The van der Waals surface area contributed by atoms with Gasteiger partial charge in [0.05, 0.1) is 36.8 Å². The predicted molar refractivity (Wildman–Crippen MR) is 187 cm³/mol. The molecule has 0 aromatic heterocycles. The fourth-order valence-corrected chi connectivity index (χ4v) is 4.97. The Morgan fingerprint density at radius 2 is 0.978 bits per heavy atom. The summed E-state index contributed by atoms with van der Waals surface area (Å²) in [7, 11) is 0. The van der Waals surface area contributed by atoms with Gasteiger partial charge in [0.1, 0.15) is 5.75 Å². The van der Waals surface area contributed by atoms with Crippen LogP contribution >= 0.6 is 0 Å². The van der Waals surface area contributed by atoms with E-state index in [1.54, 1.807) is 31.2 Å². The van der Waals surface area contributed by atoms with E-state index >= 15 is 0 Å². The Balaban J connectivity index is 1.50. The Morgan fingerprint density at radius 3 is 1.46 bits per heavy atom. The molecule has 2 rings (SSSR count). The van der Waals surface area contributed by atoms with E-state index in [1.807, 2.05) is 24.3 Å². The number of hydrogen-bond donors (Lipinski definition) is 0. The van der Waals surface area contributed by atoms with Crippen molar-refractivity contribution in [2.24, 2.45) is 10.2 Å². The van der Waals surface area contributed by atoms with Crippen LogP contribution in [0.2, 0.25) is 0 Å². The second-order valence-electron chi connectivity index (χ2n) is 12.2. The number of ether oxygens (including phenoxy) is 3. The first-order valence-electron chi connectivity index (χ1n) is 17.7. The number of benzene rings is 2. The van der Waals surface area contributed by atoms with Gasteiger partial charge in [-0.05, 0) is 87.6 Å². The highest BCUT2D eigenvalue weighted by molar-refractivity contribution is 5.89. The number of unbranched alkanes of at least 4 members (excludes halogenated alkanes) is 16. The van der Waals surface area contributed by atoms with Gasteiger partial charge in [0.15, 0.2) is 0 Å². The highest BCUT2D eigenvalue weighted by Gasteiger charge is 2.07. The van der Waals surface area contributed by atoms with Gasteiger partial charge in [0.2, 0.25) is 0 Å². The lowest BCUT2D eigenvalue weighted by atomic mass is 10.0. The lowest BCUT2D eigenvalue weighted by Crippen LogP contribution is -2.06. The van der Waals surface area contributed by atoms with Gasteiger partial charge in [-0.1, -0.05) is 97.0 Å². The number of nitrogens with zero attached hydrogens (tertiary/aromatic N) is 2. The van der Waals surface area contributed by atoms with Crippen molar-refractivity contribution in [1.82, 2.24) is 0 Å². The van der Waals surface area contributed by atoms with Gasteiger partial charge < -0.3 is 14.2 Å². The van der Waals surface area contributed by atoms with E-state index in [1.165, 1.54) is 77.0 Å². The molecule has 0 atom stereocenters. The van der Waals surface area contributed by atoms with Gasteiger partial charge in [0, 0.05) is 5.57 Å². The molecule has 0 aliphatic carbocycles. The minimum Gasteiger partial charge on any atom is -0.494 e. The largest absolute Gasteiger partial charge is 0.494 e. The van der Waals surface area contributed by atoms with Crippen molar-refractivity contribution in [3.8, 4) is 5.75 Å². The molecule has 0 heterocycles. The minimum absolute atomic E-state index is 0.294. The summed E-state index contributed by atoms with van der Waals surface area (Å²) < 4.78 is 16.4. The Labute approximate surface area is 278 Å². The number of carbonyl (C=O) groups is 2. The highest BCUT2D eigenvalue weighted by Crippen LogP contribution is 2.22. The average molecular weight is 635 g/mol. The third-order valence-electron chi connectivity index (χ3n) is 7.84. The molecule has 0 aliphatic heterocycles. The molecular formula is C39H58N2O5. The molecule has 0 saturated carbocycles. The molecule has 2 aromatic rings. The molecule has 0 spiro atoms. The summed E-state index contributed by atoms with van der Waals surface area (Å²) in [5.74, 6) is 0.163. The summed E-state index contributed by atoms with van der Waals surface area (Å²) in [6, 6.07) is 14.5. The van der Waals surface area contributed by atoms with Gasteiger partial charge in [0.25, 0.3) is 0 Å². The Bertz CT molecular complexity index is 1130. The summed E-state index contributed by atoms with van der Waals surface area (Å²) in [5.41, 5.74) is 2.34. The smallest absolute Gasteiger partial charge is 0.338 e. The van der Waals surface area contributed by atoms with Gasteiger partial charge >= 0.3 is 11.9 Å². The maximum absolute atomic E-state index is 12.4. The molecule has 0 fully saturated rings. The molecule has 0 amide bonds. The maximum Gasteiger partial charge on any atom is 0.338 e. The third kappa shape index (κ3) is 19.1. The summed E-state index contributed by atoms with van der Waals surface area (Å²) >= 11 is 0. The van der Waals surface area contributed by atoms with Crippen LogP contribution in [0.1, 0.15) is 140 Å². The van der Waals surface area contributed by atoms with Crippen molar-refractivity contribution in [2.45, 2.75) is 129 Å². The van der Waals surface area contributed by atoms with Crippen molar-refractivity contribution < 1.29 is 23.8 Å². The van der Waals surface area contributed by atoms with Gasteiger partial charge in [-0.2, -0.15) is 10.2 Å². The first-order chi connectivity index (χ1) is 22.5. The zero-order chi connectivity index (χ0) is 33.1. The van der Waals surface area contributed by atoms with Crippen molar-refractivity contribution >= 4 is 23.3 Å². The van der Waals surface area contributed by atoms with E-state index in [2.05, 4.69) is 23.7 Å².